The predicted octanol–water partition coefficient (Wildman–Crippen LogP) is 2.18. The molecule has 0 aliphatic carbocycles. The second-order valence-corrected chi connectivity index (χ2v) is 4.58. The molecule has 1 atom stereocenters. The molecule has 1 N–H and O–H groups in total. The number of ketones is 1. The number of aliphatic carboxylic acids is 1. The molecule has 100 valence electrons. The Bertz CT molecular complexity index is 658. The number of aryl methyl sites for hydroxylation is 2. The van der Waals surface area contributed by atoms with Gasteiger partial charge in [-0.25, -0.2) is 4.98 Å². The van der Waals surface area contributed by atoms with Crippen LogP contribution in [0, 0.1) is 12.8 Å². The number of hydrogen-bond acceptors (Lipinski definition) is 3. The monoisotopic (exact) mass is 260 g/mol. The molecule has 0 amide bonds. The second-order valence-electron chi connectivity index (χ2n) is 4.58. The van der Waals surface area contributed by atoms with Gasteiger partial charge in [0.05, 0.1) is 11.0 Å². The number of carbonyl (C=O) groups excluding carboxylic acids is 1. The number of Topliss-reactive ketones (excluding diaryl/α,β-unsaturated/α-hetero) is 1. The van der Waals surface area contributed by atoms with Crippen LogP contribution in [-0.2, 0) is 11.8 Å². The van der Waals surface area contributed by atoms with E-state index in [2.05, 4.69) is 4.98 Å². The highest BCUT2D eigenvalue weighted by atomic mass is 16.4. The number of carbonyl (C=O) groups is 2. The van der Waals surface area contributed by atoms with Crippen LogP contribution >= 0.6 is 0 Å². The average Bonchev–Trinajstić information content (AvgIpc) is 2.65. The normalized spacial score (nSPS) is 12.6. The highest BCUT2D eigenvalue weighted by molar-refractivity contribution is 6.09. The fourth-order valence-corrected chi connectivity index (χ4v) is 2.15. The number of carboxylic acids is 1. The topological polar surface area (TPSA) is 72.2 Å². The summed E-state index contributed by atoms with van der Waals surface area (Å²) in [6.07, 6.45) is 0.285. The first-order valence-corrected chi connectivity index (χ1v) is 6.15. The number of imidazole rings is 1. The number of nitrogens with zero attached hydrogens (tertiary/aromatic N) is 2. The minimum absolute atomic E-state index is 0.285. The minimum Gasteiger partial charge on any atom is -0.481 e. The summed E-state index contributed by atoms with van der Waals surface area (Å²) >= 11 is 0. The lowest BCUT2D eigenvalue weighted by molar-refractivity contribution is -0.140. The molecule has 5 heteroatoms. The molecule has 2 aromatic rings. The lowest BCUT2D eigenvalue weighted by Crippen LogP contribution is -2.23. The Morgan fingerprint density at radius 2 is 2.11 bits per heavy atom. The van der Waals surface area contributed by atoms with Gasteiger partial charge in [0.15, 0.2) is 5.78 Å². The van der Waals surface area contributed by atoms with Crippen molar-refractivity contribution in [3.63, 3.8) is 0 Å². The van der Waals surface area contributed by atoms with Gasteiger partial charge in [-0.05, 0) is 31.5 Å². The summed E-state index contributed by atoms with van der Waals surface area (Å²) in [5, 5.41) is 9.03. The van der Waals surface area contributed by atoms with E-state index in [0.717, 1.165) is 11.3 Å². The highest BCUT2D eigenvalue weighted by Crippen LogP contribution is 2.19. The molecule has 1 heterocycles. The Balaban J connectivity index is 2.46. The van der Waals surface area contributed by atoms with E-state index in [1.165, 1.54) is 0 Å². The lowest BCUT2D eigenvalue weighted by Gasteiger charge is -2.08. The molecule has 5 nitrogen and oxygen atoms in total. The van der Waals surface area contributed by atoms with Gasteiger partial charge in [-0.15, -0.1) is 0 Å². The summed E-state index contributed by atoms with van der Waals surface area (Å²) in [5.74, 6) is -1.57. The molecule has 2 rings (SSSR count). The van der Waals surface area contributed by atoms with Crippen LogP contribution in [0.4, 0.5) is 0 Å². The fourth-order valence-electron chi connectivity index (χ4n) is 2.15. The molecule has 19 heavy (non-hydrogen) atoms. The van der Waals surface area contributed by atoms with Crippen molar-refractivity contribution in [1.29, 1.82) is 0 Å². The molecular formula is C14H16N2O3. The number of benzene rings is 1. The van der Waals surface area contributed by atoms with Crippen molar-refractivity contribution in [3.8, 4) is 0 Å². The SMILES string of the molecule is CCC(C(=O)O)C(=O)c1ccc2c(c1)nc(C)n2C. The van der Waals surface area contributed by atoms with Gasteiger partial charge in [0, 0.05) is 12.6 Å². The maximum Gasteiger partial charge on any atom is 0.314 e. The summed E-state index contributed by atoms with van der Waals surface area (Å²) < 4.78 is 1.93. The molecule has 0 fully saturated rings. The molecule has 1 aromatic heterocycles. The number of rotatable bonds is 4. The molecule has 0 aliphatic heterocycles. The van der Waals surface area contributed by atoms with Crippen LogP contribution in [0.1, 0.15) is 29.5 Å². The second kappa shape index (κ2) is 4.84. The molecule has 0 radical (unpaired) electrons. The zero-order valence-corrected chi connectivity index (χ0v) is 11.2. The van der Waals surface area contributed by atoms with Crippen LogP contribution in [0.25, 0.3) is 11.0 Å². The zero-order chi connectivity index (χ0) is 14.2. The molecule has 0 bridgehead atoms. The third-order valence-electron chi connectivity index (χ3n) is 3.41. The molecule has 0 aliphatic rings. The Morgan fingerprint density at radius 1 is 1.42 bits per heavy atom. The van der Waals surface area contributed by atoms with E-state index < -0.39 is 11.9 Å². The Kier molecular flexibility index (Phi) is 3.38. The van der Waals surface area contributed by atoms with Gasteiger partial charge in [0.1, 0.15) is 11.7 Å². The van der Waals surface area contributed by atoms with Gasteiger partial charge in [0.25, 0.3) is 0 Å². The van der Waals surface area contributed by atoms with Crippen molar-refractivity contribution in [2.24, 2.45) is 13.0 Å². The third-order valence-corrected chi connectivity index (χ3v) is 3.41. The minimum atomic E-state index is -1.08. The van der Waals surface area contributed by atoms with Crippen molar-refractivity contribution < 1.29 is 14.7 Å². The van der Waals surface area contributed by atoms with Gasteiger partial charge in [-0.3, -0.25) is 9.59 Å². The van der Waals surface area contributed by atoms with E-state index >= 15 is 0 Å². The Labute approximate surface area is 110 Å². The first-order chi connectivity index (χ1) is 8.95. The fraction of sp³-hybridized carbons (Fsp3) is 0.357. The van der Waals surface area contributed by atoms with Crippen LogP contribution in [-0.4, -0.2) is 26.4 Å². The van der Waals surface area contributed by atoms with E-state index in [9.17, 15) is 9.59 Å². The van der Waals surface area contributed by atoms with E-state index in [1.807, 2.05) is 18.5 Å². The molecule has 0 spiro atoms. The molecule has 1 aromatic carbocycles. The Hall–Kier alpha value is -2.17. The number of aromatic nitrogens is 2. The van der Waals surface area contributed by atoms with Gasteiger partial charge in [0.2, 0.25) is 0 Å². The summed E-state index contributed by atoms with van der Waals surface area (Å²) in [7, 11) is 1.90. The summed E-state index contributed by atoms with van der Waals surface area (Å²) in [4.78, 5) is 27.5. The number of fused-ring (bicyclic) bond motifs is 1. The summed E-state index contributed by atoms with van der Waals surface area (Å²) in [5.41, 5.74) is 2.04. The van der Waals surface area contributed by atoms with Crippen LogP contribution in [0.3, 0.4) is 0 Å². The van der Waals surface area contributed by atoms with Gasteiger partial charge >= 0.3 is 5.97 Å². The van der Waals surface area contributed by atoms with E-state index in [4.69, 9.17) is 5.11 Å². The van der Waals surface area contributed by atoms with Crippen molar-refractivity contribution >= 4 is 22.8 Å². The summed E-state index contributed by atoms with van der Waals surface area (Å²) in [6, 6.07) is 5.13. The van der Waals surface area contributed by atoms with E-state index in [0.29, 0.717) is 11.1 Å². The van der Waals surface area contributed by atoms with Crippen molar-refractivity contribution in [3.05, 3.63) is 29.6 Å². The van der Waals surface area contributed by atoms with E-state index in [1.54, 1.807) is 25.1 Å². The molecular weight excluding hydrogens is 244 g/mol. The maximum absolute atomic E-state index is 12.1. The third kappa shape index (κ3) is 2.23. The highest BCUT2D eigenvalue weighted by Gasteiger charge is 2.25. The quantitative estimate of drug-likeness (QED) is 0.675. The number of hydrogen-bond donors (Lipinski definition) is 1. The van der Waals surface area contributed by atoms with Crippen LogP contribution in [0.15, 0.2) is 18.2 Å². The van der Waals surface area contributed by atoms with Crippen molar-refractivity contribution in [1.82, 2.24) is 9.55 Å². The zero-order valence-electron chi connectivity index (χ0n) is 11.2. The lowest BCUT2D eigenvalue weighted by atomic mass is 9.95. The standard InChI is InChI=1S/C14H16N2O3/c1-4-10(14(18)19)13(17)9-5-6-12-11(7-9)15-8(2)16(12)3/h5-7,10H,4H2,1-3H3,(H,18,19). The first-order valence-electron chi connectivity index (χ1n) is 6.15. The number of carboxylic acid groups (broad SMARTS) is 1. The van der Waals surface area contributed by atoms with Gasteiger partial charge in [-0.2, -0.15) is 0 Å². The first kappa shape index (κ1) is 13.3. The molecule has 0 saturated heterocycles. The van der Waals surface area contributed by atoms with Gasteiger partial charge in [-0.1, -0.05) is 6.92 Å². The van der Waals surface area contributed by atoms with Crippen molar-refractivity contribution in [2.75, 3.05) is 0 Å². The molecule has 0 saturated carbocycles. The largest absolute Gasteiger partial charge is 0.481 e. The summed E-state index contributed by atoms with van der Waals surface area (Å²) in [6.45, 7) is 3.58. The molecule has 1 unspecified atom stereocenters. The predicted molar refractivity (Wildman–Crippen MR) is 71.2 cm³/mol. The smallest absolute Gasteiger partial charge is 0.314 e. The van der Waals surface area contributed by atoms with Crippen LogP contribution in [0.5, 0.6) is 0 Å². The van der Waals surface area contributed by atoms with Crippen LogP contribution in [0.2, 0.25) is 0 Å². The van der Waals surface area contributed by atoms with Crippen LogP contribution < -0.4 is 0 Å². The van der Waals surface area contributed by atoms with Gasteiger partial charge < -0.3 is 9.67 Å². The van der Waals surface area contributed by atoms with E-state index in [-0.39, 0.29) is 12.2 Å². The Morgan fingerprint density at radius 3 is 2.68 bits per heavy atom. The van der Waals surface area contributed by atoms with Crippen molar-refractivity contribution in [2.45, 2.75) is 20.3 Å². The average molecular weight is 260 g/mol. The maximum atomic E-state index is 12.1.